The fourth-order valence-electron chi connectivity index (χ4n) is 1.77. The van der Waals surface area contributed by atoms with Gasteiger partial charge >= 0.3 is 0 Å². The van der Waals surface area contributed by atoms with Crippen LogP contribution in [0.15, 0.2) is 30.3 Å². The Balaban J connectivity index is 0.00000400. The van der Waals surface area contributed by atoms with E-state index in [-0.39, 0.29) is 24.4 Å². The van der Waals surface area contributed by atoms with Crippen LogP contribution in [0.2, 0.25) is 0 Å². The summed E-state index contributed by atoms with van der Waals surface area (Å²) in [7, 11) is 0. The average Bonchev–Trinajstić information content (AvgIpc) is 2.45. The molecule has 3 N–H and O–H groups in total. The lowest BCUT2D eigenvalue weighted by Crippen LogP contribution is -2.26. The molecule has 21 heavy (non-hydrogen) atoms. The number of rotatable bonds is 10. The van der Waals surface area contributed by atoms with E-state index in [0.29, 0.717) is 19.6 Å². The molecule has 0 aromatic heterocycles. The molecule has 1 unspecified atom stereocenters. The van der Waals surface area contributed by atoms with Crippen molar-refractivity contribution in [3.63, 3.8) is 0 Å². The van der Waals surface area contributed by atoms with Gasteiger partial charge < -0.3 is 15.8 Å². The normalized spacial score (nSPS) is 11.5. The summed E-state index contributed by atoms with van der Waals surface area (Å²) in [6.45, 7) is 4.01. The highest BCUT2D eigenvalue weighted by atomic mass is 35.5. The molecule has 0 heterocycles. The van der Waals surface area contributed by atoms with Gasteiger partial charge in [0.25, 0.3) is 0 Å². The molecule has 0 aliphatic rings. The fourth-order valence-corrected chi connectivity index (χ4v) is 1.77. The number of carbonyl (C=O) groups is 1. The number of benzene rings is 1. The molecule has 0 bridgehead atoms. The molecular formula is C16H27ClN2O2. The van der Waals surface area contributed by atoms with Crippen molar-refractivity contribution in [3.05, 3.63) is 35.9 Å². The van der Waals surface area contributed by atoms with Crippen LogP contribution in [0.3, 0.4) is 0 Å². The van der Waals surface area contributed by atoms with Crippen molar-refractivity contribution in [2.45, 2.75) is 45.3 Å². The molecule has 0 aliphatic heterocycles. The Labute approximate surface area is 133 Å². The summed E-state index contributed by atoms with van der Waals surface area (Å²) in [4.78, 5) is 11.4. The van der Waals surface area contributed by atoms with E-state index < -0.39 is 0 Å². The van der Waals surface area contributed by atoms with E-state index in [9.17, 15) is 4.79 Å². The minimum absolute atomic E-state index is 0. The van der Waals surface area contributed by atoms with Crippen LogP contribution in [0.1, 0.15) is 38.2 Å². The molecule has 1 aromatic carbocycles. The van der Waals surface area contributed by atoms with Gasteiger partial charge in [0.2, 0.25) is 5.91 Å². The van der Waals surface area contributed by atoms with E-state index >= 15 is 0 Å². The highest BCUT2D eigenvalue weighted by Crippen LogP contribution is 2.01. The molecule has 0 radical (unpaired) electrons. The van der Waals surface area contributed by atoms with E-state index in [1.165, 1.54) is 5.56 Å². The summed E-state index contributed by atoms with van der Waals surface area (Å²) >= 11 is 0. The third kappa shape index (κ3) is 11.3. The molecule has 4 nitrogen and oxygen atoms in total. The number of hydrogen-bond donors (Lipinski definition) is 2. The van der Waals surface area contributed by atoms with Gasteiger partial charge in [-0.2, -0.15) is 0 Å². The number of ether oxygens (including phenoxy) is 1. The Morgan fingerprint density at radius 2 is 2.00 bits per heavy atom. The molecule has 0 spiro atoms. The highest BCUT2D eigenvalue weighted by molar-refractivity contribution is 5.85. The summed E-state index contributed by atoms with van der Waals surface area (Å²) in [5.74, 6) is 0.0903. The maximum absolute atomic E-state index is 11.4. The molecule has 1 atom stereocenters. The van der Waals surface area contributed by atoms with Gasteiger partial charge in [-0.1, -0.05) is 30.3 Å². The molecule has 0 fully saturated rings. The predicted molar refractivity (Wildman–Crippen MR) is 88.5 cm³/mol. The number of nitrogens with one attached hydrogen (secondary N) is 1. The third-order valence-electron chi connectivity index (χ3n) is 2.98. The van der Waals surface area contributed by atoms with Crippen LogP contribution in [0.5, 0.6) is 0 Å². The minimum Gasteiger partial charge on any atom is -0.377 e. The lowest BCUT2D eigenvalue weighted by Gasteiger charge is -2.07. The fraction of sp³-hybridized carbons (Fsp3) is 0.562. The Morgan fingerprint density at radius 1 is 1.29 bits per heavy atom. The highest BCUT2D eigenvalue weighted by Gasteiger charge is 2.02. The largest absolute Gasteiger partial charge is 0.377 e. The summed E-state index contributed by atoms with van der Waals surface area (Å²) in [5, 5.41) is 2.90. The standard InChI is InChI=1S/C16H26N2O2.ClH/c1-14(17)9-10-16(19)18-11-5-6-12-20-13-15-7-3-2-4-8-15;/h2-4,7-8,14H,5-6,9-13,17H2,1H3,(H,18,19);1H. The van der Waals surface area contributed by atoms with Crippen molar-refractivity contribution in [1.82, 2.24) is 5.32 Å². The minimum atomic E-state index is 0. The Bertz CT molecular complexity index is 372. The first-order valence-corrected chi connectivity index (χ1v) is 7.32. The van der Waals surface area contributed by atoms with Crippen molar-refractivity contribution >= 4 is 18.3 Å². The monoisotopic (exact) mass is 314 g/mol. The summed E-state index contributed by atoms with van der Waals surface area (Å²) in [6, 6.07) is 10.2. The van der Waals surface area contributed by atoms with Crippen LogP contribution < -0.4 is 11.1 Å². The lowest BCUT2D eigenvalue weighted by atomic mass is 10.2. The van der Waals surface area contributed by atoms with Crippen LogP contribution in [0.4, 0.5) is 0 Å². The Hall–Kier alpha value is -1.10. The summed E-state index contributed by atoms with van der Waals surface area (Å²) in [6.07, 6.45) is 3.16. The van der Waals surface area contributed by atoms with Crippen LogP contribution in [-0.4, -0.2) is 25.1 Å². The zero-order valence-electron chi connectivity index (χ0n) is 12.7. The Kier molecular flexibility index (Phi) is 12.0. The van der Waals surface area contributed by atoms with Crippen molar-refractivity contribution in [3.8, 4) is 0 Å². The van der Waals surface area contributed by atoms with E-state index in [1.807, 2.05) is 25.1 Å². The van der Waals surface area contributed by atoms with E-state index in [2.05, 4.69) is 17.4 Å². The van der Waals surface area contributed by atoms with Gasteiger partial charge in [0.15, 0.2) is 0 Å². The van der Waals surface area contributed by atoms with Gasteiger partial charge in [-0.25, -0.2) is 0 Å². The Morgan fingerprint density at radius 3 is 2.67 bits per heavy atom. The zero-order valence-corrected chi connectivity index (χ0v) is 13.5. The molecule has 1 amide bonds. The van der Waals surface area contributed by atoms with Crippen LogP contribution in [0, 0.1) is 0 Å². The molecule has 0 saturated heterocycles. The second kappa shape index (κ2) is 12.6. The number of halogens is 1. The zero-order chi connectivity index (χ0) is 14.6. The SMILES string of the molecule is CC(N)CCC(=O)NCCCCOCc1ccccc1.Cl. The van der Waals surface area contributed by atoms with Crippen LogP contribution in [-0.2, 0) is 16.1 Å². The average molecular weight is 315 g/mol. The first-order chi connectivity index (χ1) is 9.68. The number of hydrogen-bond acceptors (Lipinski definition) is 3. The molecule has 1 aromatic rings. The second-order valence-electron chi connectivity index (χ2n) is 5.11. The van der Waals surface area contributed by atoms with E-state index in [1.54, 1.807) is 0 Å². The molecule has 120 valence electrons. The molecular weight excluding hydrogens is 288 g/mol. The van der Waals surface area contributed by atoms with E-state index in [4.69, 9.17) is 10.5 Å². The van der Waals surface area contributed by atoms with E-state index in [0.717, 1.165) is 25.9 Å². The van der Waals surface area contributed by atoms with Crippen molar-refractivity contribution in [2.75, 3.05) is 13.2 Å². The number of carbonyl (C=O) groups excluding carboxylic acids is 1. The van der Waals surface area contributed by atoms with Crippen LogP contribution in [0.25, 0.3) is 0 Å². The second-order valence-corrected chi connectivity index (χ2v) is 5.11. The van der Waals surface area contributed by atoms with Gasteiger partial charge in [-0.05, 0) is 31.7 Å². The third-order valence-corrected chi connectivity index (χ3v) is 2.98. The molecule has 0 saturated carbocycles. The summed E-state index contributed by atoms with van der Waals surface area (Å²) in [5.41, 5.74) is 6.79. The van der Waals surface area contributed by atoms with Crippen molar-refractivity contribution in [2.24, 2.45) is 5.73 Å². The smallest absolute Gasteiger partial charge is 0.220 e. The number of nitrogens with two attached hydrogens (primary N) is 1. The van der Waals surface area contributed by atoms with Gasteiger partial charge in [-0.15, -0.1) is 12.4 Å². The van der Waals surface area contributed by atoms with Crippen molar-refractivity contribution < 1.29 is 9.53 Å². The maximum Gasteiger partial charge on any atom is 0.220 e. The van der Waals surface area contributed by atoms with Gasteiger partial charge in [0, 0.05) is 25.6 Å². The first-order valence-electron chi connectivity index (χ1n) is 7.32. The topological polar surface area (TPSA) is 64.4 Å². The molecule has 0 aliphatic carbocycles. The summed E-state index contributed by atoms with van der Waals surface area (Å²) < 4.78 is 5.58. The van der Waals surface area contributed by atoms with Gasteiger partial charge in [-0.3, -0.25) is 4.79 Å². The maximum atomic E-state index is 11.4. The lowest BCUT2D eigenvalue weighted by molar-refractivity contribution is -0.121. The first kappa shape index (κ1) is 19.9. The quantitative estimate of drug-likeness (QED) is 0.653. The number of amides is 1. The molecule has 5 heteroatoms. The van der Waals surface area contributed by atoms with Gasteiger partial charge in [0.1, 0.15) is 0 Å². The predicted octanol–water partition coefficient (Wildman–Crippen LogP) is 2.65. The number of unbranched alkanes of at least 4 members (excludes halogenated alkanes) is 1. The van der Waals surface area contributed by atoms with Crippen LogP contribution >= 0.6 is 12.4 Å². The van der Waals surface area contributed by atoms with Crippen molar-refractivity contribution in [1.29, 1.82) is 0 Å². The van der Waals surface area contributed by atoms with Gasteiger partial charge in [0.05, 0.1) is 6.61 Å². The molecule has 1 rings (SSSR count).